The molecule has 98 valence electrons. The second kappa shape index (κ2) is 5.07. The van der Waals surface area contributed by atoms with E-state index in [0.29, 0.717) is 18.7 Å². The van der Waals surface area contributed by atoms with E-state index in [2.05, 4.69) is 21.4 Å². The molecule has 0 saturated carbocycles. The number of thiazole rings is 1. The van der Waals surface area contributed by atoms with E-state index < -0.39 is 6.10 Å². The molecule has 3 aromatic rings. The lowest BCUT2D eigenvalue weighted by molar-refractivity contribution is 0.168. The third-order valence-corrected chi connectivity index (χ3v) is 3.94. The number of nitrogens with zero attached hydrogens (tertiary/aromatic N) is 4. The lowest BCUT2D eigenvalue weighted by atomic mass is 10.2. The van der Waals surface area contributed by atoms with Crippen molar-refractivity contribution in [1.29, 1.82) is 0 Å². The molecule has 0 amide bonds. The van der Waals surface area contributed by atoms with Crippen LogP contribution in [0.4, 0.5) is 0 Å². The van der Waals surface area contributed by atoms with Crippen LogP contribution in [-0.2, 0) is 6.54 Å². The Kier molecular flexibility index (Phi) is 3.27. The summed E-state index contributed by atoms with van der Waals surface area (Å²) in [7, 11) is 0. The van der Waals surface area contributed by atoms with Crippen molar-refractivity contribution in [2.45, 2.75) is 26.0 Å². The third kappa shape index (κ3) is 2.50. The normalized spacial score (nSPS) is 12.9. The van der Waals surface area contributed by atoms with Crippen molar-refractivity contribution >= 4 is 21.6 Å². The Balaban J connectivity index is 1.82. The van der Waals surface area contributed by atoms with Crippen LogP contribution in [0.3, 0.4) is 0 Å². The lowest BCUT2D eigenvalue weighted by Crippen LogP contribution is -1.99. The summed E-state index contributed by atoms with van der Waals surface area (Å²) in [5, 5.41) is 18.7. The van der Waals surface area contributed by atoms with Crippen molar-refractivity contribution in [3.8, 4) is 0 Å². The molecule has 2 heterocycles. The summed E-state index contributed by atoms with van der Waals surface area (Å²) >= 11 is 1.65. The summed E-state index contributed by atoms with van der Waals surface area (Å²) < 4.78 is 2.89. The first-order chi connectivity index (χ1) is 9.26. The molecule has 0 radical (unpaired) electrons. The van der Waals surface area contributed by atoms with Gasteiger partial charge in [-0.15, -0.1) is 16.4 Å². The number of aliphatic hydroxyl groups is 1. The molecular weight excluding hydrogens is 260 g/mol. The highest BCUT2D eigenvalue weighted by Gasteiger charge is 2.11. The Morgan fingerprint density at radius 2 is 2.21 bits per heavy atom. The van der Waals surface area contributed by atoms with Gasteiger partial charge in [-0.2, -0.15) is 0 Å². The molecular formula is C13H14N4OS. The zero-order valence-corrected chi connectivity index (χ0v) is 11.3. The molecule has 19 heavy (non-hydrogen) atoms. The molecule has 5 nitrogen and oxygen atoms in total. The number of fused-ring (bicyclic) bond motifs is 1. The van der Waals surface area contributed by atoms with E-state index in [1.165, 1.54) is 4.70 Å². The highest BCUT2D eigenvalue weighted by Crippen LogP contribution is 2.22. The van der Waals surface area contributed by atoms with Gasteiger partial charge in [0.15, 0.2) is 0 Å². The summed E-state index contributed by atoms with van der Waals surface area (Å²) in [5.41, 5.74) is 1.63. The van der Waals surface area contributed by atoms with Crippen LogP contribution in [0.5, 0.6) is 0 Å². The maximum Gasteiger partial charge on any atom is 0.115 e. The van der Waals surface area contributed by atoms with E-state index in [9.17, 15) is 5.11 Å². The maximum atomic E-state index is 9.69. The summed E-state index contributed by atoms with van der Waals surface area (Å²) in [5.74, 6) is 0. The average Bonchev–Trinajstić information content (AvgIpc) is 3.04. The number of hydrogen-bond donors (Lipinski definition) is 1. The quantitative estimate of drug-likeness (QED) is 0.793. The lowest BCUT2D eigenvalue weighted by Gasteiger charge is -2.00. The molecule has 1 unspecified atom stereocenters. The number of aliphatic hydroxyl groups excluding tert-OH is 1. The van der Waals surface area contributed by atoms with Crippen molar-refractivity contribution in [3.05, 3.63) is 41.2 Å². The summed E-state index contributed by atoms with van der Waals surface area (Å²) in [6.45, 7) is 2.50. The number of hydrogen-bond acceptors (Lipinski definition) is 5. The molecule has 0 saturated heterocycles. The number of aromatic nitrogens is 4. The van der Waals surface area contributed by atoms with Gasteiger partial charge >= 0.3 is 0 Å². The highest BCUT2D eigenvalue weighted by molar-refractivity contribution is 7.18. The van der Waals surface area contributed by atoms with Crippen LogP contribution in [0.2, 0.25) is 0 Å². The van der Waals surface area contributed by atoms with Gasteiger partial charge in [0, 0.05) is 0 Å². The van der Waals surface area contributed by atoms with E-state index in [4.69, 9.17) is 0 Å². The minimum atomic E-state index is -0.538. The molecule has 6 heteroatoms. The Labute approximate surface area is 114 Å². The van der Waals surface area contributed by atoms with Gasteiger partial charge in [-0.1, -0.05) is 24.3 Å². The molecule has 2 aromatic heterocycles. The third-order valence-electron chi connectivity index (χ3n) is 2.92. The van der Waals surface area contributed by atoms with Crippen LogP contribution in [0.25, 0.3) is 10.2 Å². The van der Waals surface area contributed by atoms with Crippen LogP contribution in [-0.4, -0.2) is 25.1 Å². The Hall–Kier alpha value is -1.79. The average molecular weight is 274 g/mol. The SMILES string of the molecule is CCC(O)c1cn(Cc2nc3ccccc3s2)nn1. The second-order valence-corrected chi connectivity index (χ2v) is 5.46. The van der Waals surface area contributed by atoms with Crippen LogP contribution in [0.1, 0.15) is 30.2 Å². The maximum absolute atomic E-state index is 9.69. The monoisotopic (exact) mass is 274 g/mol. The molecule has 0 spiro atoms. The standard InChI is InChI=1S/C13H14N4OS/c1-2-11(18)10-7-17(16-15-10)8-13-14-9-5-3-4-6-12(9)19-13/h3-7,11,18H,2,8H2,1H3. The van der Waals surface area contributed by atoms with Crippen LogP contribution in [0, 0.1) is 0 Å². The Morgan fingerprint density at radius 1 is 1.37 bits per heavy atom. The van der Waals surface area contributed by atoms with Gasteiger partial charge in [-0.3, -0.25) is 0 Å². The second-order valence-electron chi connectivity index (χ2n) is 4.34. The van der Waals surface area contributed by atoms with Gasteiger partial charge in [0.25, 0.3) is 0 Å². The van der Waals surface area contributed by atoms with Crippen LogP contribution in [0.15, 0.2) is 30.5 Å². The number of para-hydroxylation sites is 1. The zero-order chi connectivity index (χ0) is 13.2. The van der Waals surface area contributed by atoms with Crippen molar-refractivity contribution in [3.63, 3.8) is 0 Å². The fourth-order valence-electron chi connectivity index (χ4n) is 1.88. The molecule has 0 aliphatic heterocycles. The summed E-state index contributed by atoms with van der Waals surface area (Å²) in [6, 6.07) is 8.06. The van der Waals surface area contributed by atoms with Crippen LogP contribution >= 0.6 is 11.3 Å². The van der Waals surface area contributed by atoms with E-state index in [1.54, 1.807) is 22.2 Å². The van der Waals surface area contributed by atoms with E-state index in [-0.39, 0.29) is 0 Å². The first kappa shape index (κ1) is 12.3. The van der Waals surface area contributed by atoms with Crippen molar-refractivity contribution in [2.75, 3.05) is 0 Å². The van der Waals surface area contributed by atoms with E-state index in [1.807, 2.05) is 25.1 Å². The smallest absolute Gasteiger partial charge is 0.115 e. The molecule has 1 N–H and O–H groups in total. The van der Waals surface area contributed by atoms with Gasteiger partial charge < -0.3 is 5.11 Å². The highest BCUT2D eigenvalue weighted by atomic mass is 32.1. The zero-order valence-electron chi connectivity index (χ0n) is 10.5. The predicted molar refractivity (Wildman–Crippen MR) is 74.0 cm³/mol. The van der Waals surface area contributed by atoms with E-state index >= 15 is 0 Å². The Morgan fingerprint density at radius 3 is 3.00 bits per heavy atom. The van der Waals surface area contributed by atoms with Crippen molar-refractivity contribution < 1.29 is 5.11 Å². The largest absolute Gasteiger partial charge is 0.387 e. The van der Waals surface area contributed by atoms with Gasteiger partial charge in [0.2, 0.25) is 0 Å². The van der Waals surface area contributed by atoms with Crippen molar-refractivity contribution in [2.24, 2.45) is 0 Å². The molecule has 1 atom stereocenters. The summed E-state index contributed by atoms with van der Waals surface area (Å²) in [6.07, 6.45) is 1.88. The first-order valence-electron chi connectivity index (χ1n) is 6.19. The number of benzene rings is 1. The molecule has 3 rings (SSSR count). The molecule has 1 aromatic carbocycles. The predicted octanol–water partition coefficient (Wildman–Crippen LogP) is 2.38. The topological polar surface area (TPSA) is 63.8 Å². The number of rotatable bonds is 4. The molecule has 0 aliphatic carbocycles. The van der Waals surface area contributed by atoms with Crippen LogP contribution < -0.4 is 0 Å². The minimum absolute atomic E-state index is 0.538. The molecule has 0 aliphatic rings. The fraction of sp³-hybridized carbons (Fsp3) is 0.308. The van der Waals surface area contributed by atoms with Gasteiger partial charge in [0.1, 0.15) is 10.7 Å². The van der Waals surface area contributed by atoms with Crippen molar-refractivity contribution in [1.82, 2.24) is 20.0 Å². The van der Waals surface area contributed by atoms with Gasteiger partial charge in [0.05, 0.1) is 29.1 Å². The van der Waals surface area contributed by atoms with Gasteiger partial charge in [-0.05, 0) is 18.6 Å². The molecule has 0 bridgehead atoms. The fourth-order valence-corrected chi connectivity index (χ4v) is 2.84. The Bertz CT molecular complexity index is 658. The molecule has 0 fully saturated rings. The van der Waals surface area contributed by atoms with E-state index in [0.717, 1.165) is 10.5 Å². The summed E-state index contributed by atoms with van der Waals surface area (Å²) in [4.78, 5) is 4.55. The minimum Gasteiger partial charge on any atom is -0.387 e. The van der Waals surface area contributed by atoms with Gasteiger partial charge in [-0.25, -0.2) is 9.67 Å². The first-order valence-corrected chi connectivity index (χ1v) is 7.00.